The molecule has 3 aromatic carbocycles. The smallest absolute Gasteiger partial charge is 0.263 e. The number of ether oxygens (including phenoxy) is 1. The van der Waals surface area contributed by atoms with E-state index in [-0.39, 0.29) is 24.0 Å². The molecule has 4 rings (SSSR count). The second-order valence-corrected chi connectivity index (χ2v) is 7.47. The van der Waals surface area contributed by atoms with E-state index >= 15 is 0 Å². The number of imide groups is 1. The number of anilines is 4. The zero-order chi connectivity index (χ0) is 22.5. The molecule has 2 N–H and O–H groups in total. The van der Waals surface area contributed by atoms with Crippen LogP contribution in [0, 0.1) is 0 Å². The van der Waals surface area contributed by atoms with Gasteiger partial charge in [-0.25, -0.2) is 4.90 Å². The molecule has 0 bridgehead atoms. The SMILES string of the molecule is O=C(Nc1ccc(Nc2ccccc2)cc1)c1ccccc1N1C(=O)CC(OCP)C1=O. The number of hydrogen-bond donors (Lipinski definition) is 2. The van der Waals surface area contributed by atoms with E-state index in [1.165, 1.54) is 0 Å². The number of para-hydroxylation sites is 2. The van der Waals surface area contributed by atoms with Gasteiger partial charge in [0.25, 0.3) is 11.8 Å². The van der Waals surface area contributed by atoms with E-state index in [1.54, 1.807) is 36.4 Å². The summed E-state index contributed by atoms with van der Waals surface area (Å²) < 4.78 is 5.33. The number of nitrogens with one attached hydrogen (secondary N) is 2. The Morgan fingerprint density at radius 3 is 2.25 bits per heavy atom. The summed E-state index contributed by atoms with van der Waals surface area (Å²) >= 11 is 0. The van der Waals surface area contributed by atoms with Crippen molar-refractivity contribution in [3.05, 3.63) is 84.4 Å². The van der Waals surface area contributed by atoms with E-state index in [0.717, 1.165) is 16.3 Å². The number of carbonyl (C=O) groups is 3. The van der Waals surface area contributed by atoms with Gasteiger partial charge in [0.2, 0.25) is 5.91 Å². The predicted octanol–water partition coefficient (Wildman–Crippen LogP) is 4.16. The van der Waals surface area contributed by atoms with Crippen LogP contribution in [0.5, 0.6) is 0 Å². The van der Waals surface area contributed by atoms with Crippen LogP contribution in [0.25, 0.3) is 0 Å². The molecule has 1 fully saturated rings. The maximum absolute atomic E-state index is 13.0. The van der Waals surface area contributed by atoms with Gasteiger partial charge >= 0.3 is 0 Å². The van der Waals surface area contributed by atoms with Crippen molar-refractivity contribution >= 4 is 49.7 Å². The fourth-order valence-corrected chi connectivity index (χ4v) is 3.72. The number of rotatable bonds is 7. The quantitative estimate of drug-likeness (QED) is 0.420. The van der Waals surface area contributed by atoms with Crippen LogP contribution < -0.4 is 15.5 Å². The molecule has 1 saturated heterocycles. The third kappa shape index (κ3) is 4.69. The van der Waals surface area contributed by atoms with Crippen LogP contribution in [-0.2, 0) is 14.3 Å². The molecule has 3 amide bonds. The number of amides is 3. The van der Waals surface area contributed by atoms with Crippen LogP contribution in [0.2, 0.25) is 0 Å². The van der Waals surface area contributed by atoms with Crippen molar-refractivity contribution in [3.63, 3.8) is 0 Å². The molecule has 0 radical (unpaired) electrons. The number of carbonyl (C=O) groups excluding carboxylic acids is 3. The van der Waals surface area contributed by atoms with Crippen LogP contribution in [0.4, 0.5) is 22.7 Å². The third-order valence-electron chi connectivity index (χ3n) is 5.00. The summed E-state index contributed by atoms with van der Waals surface area (Å²) in [5.41, 5.74) is 2.90. The van der Waals surface area contributed by atoms with Gasteiger partial charge in [-0.1, -0.05) is 30.3 Å². The molecule has 0 spiro atoms. The third-order valence-corrected chi connectivity index (χ3v) is 5.19. The Labute approximate surface area is 188 Å². The van der Waals surface area contributed by atoms with Crippen LogP contribution in [0.1, 0.15) is 16.8 Å². The van der Waals surface area contributed by atoms with Gasteiger partial charge in [0, 0.05) is 17.1 Å². The summed E-state index contributed by atoms with van der Waals surface area (Å²) in [6.07, 6.45) is -0.630. The van der Waals surface area contributed by atoms with Crippen LogP contribution in [0.3, 0.4) is 0 Å². The van der Waals surface area contributed by atoms with Crippen molar-refractivity contribution in [1.82, 2.24) is 0 Å². The summed E-state index contributed by atoms with van der Waals surface area (Å²) in [6, 6.07) is 23.6. The van der Waals surface area contributed by atoms with Gasteiger partial charge in [-0.05, 0) is 48.5 Å². The number of nitrogens with zero attached hydrogens (tertiary/aromatic N) is 1. The Bertz CT molecular complexity index is 1140. The molecular formula is C24H22N3O4P. The van der Waals surface area contributed by atoms with Crippen LogP contribution >= 0.6 is 9.24 Å². The van der Waals surface area contributed by atoms with Crippen molar-refractivity contribution in [3.8, 4) is 0 Å². The maximum atomic E-state index is 13.0. The minimum absolute atomic E-state index is 0.0426. The highest BCUT2D eigenvalue weighted by atomic mass is 31.0. The molecule has 1 heterocycles. The molecule has 1 aliphatic rings. The highest BCUT2D eigenvalue weighted by molar-refractivity contribution is 7.16. The Kier molecular flexibility index (Phi) is 6.59. The first kappa shape index (κ1) is 21.7. The Balaban J connectivity index is 1.50. The van der Waals surface area contributed by atoms with Crippen LogP contribution in [0.15, 0.2) is 78.9 Å². The first-order valence-electron chi connectivity index (χ1n) is 10.1. The lowest BCUT2D eigenvalue weighted by Gasteiger charge is -2.18. The summed E-state index contributed by atoms with van der Waals surface area (Å²) in [6.45, 7) is 0. The minimum Gasteiger partial charge on any atom is -0.364 e. The predicted molar refractivity (Wildman–Crippen MR) is 127 cm³/mol. The summed E-state index contributed by atoms with van der Waals surface area (Å²) in [4.78, 5) is 39.1. The second-order valence-electron chi connectivity index (χ2n) is 7.13. The summed E-state index contributed by atoms with van der Waals surface area (Å²) in [5.74, 6) is -1.27. The first-order chi connectivity index (χ1) is 15.6. The topological polar surface area (TPSA) is 87.7 Å². The minimum atomic E-state index is -0.833. The average molecular weight is 447 g/mol. The summed E-state index contributed by atoms with van der Waals surface area (Å²) in [7, 11) is 2.36. The molecule has 32 heavy (non-hydrogen) atoms. The van der Waals surface area contributed by atoms with Gasteiger partial charge in [0.15, 0.2) is 0 Å². The van der Waals surface area contributed by atoms with Gasteiger partial charge in [0.1, 0.15) is 6.10 Å². The van der Waals surface area contributed by atoms with E-state index in [4.69, 9.17) is 4.74 Å². The van der Waals surface area contributed by atoms with Gasteiger partial charge in [-0.2, -0.15) is 0 Å². The maximum Gasteiger partial charge on any atom is 0.263 e. The molecule has 2 atom stereocenters. The van der Waals surface area contributed by atoms with E-state index < -0.39 is 23.8 Å². The van der Waals surface area contributed by atoms with Gasteiger partial charge in [-0.3, -0.25) is 14.4 Å². The van der Waals surface area contributed by atoms with Crippen molar-refractivity contribution in [2.75, 3.05) is 21.9 Å². The van der Waals surface area contributed by atoms with E-state index in [0.29, 0.717) is 5.69 Å². The monoisotopic (exact) mass is 447 g/mol. The molecule has 0 aliphatic carbocycles. The lowest BCUT2D eigenvalue weighted by atomic mass is 10.1. The standard InChI is InChI=1S/C24H22N3O4P/c28-22-14-21(31-15-32)24(30)27(22)20-9-5-4-8-19(20)23(29)26-18-12-10-17(11-13-18)25-16-6-2-1-3-7-16/h1-13,21,25H,14-15,32H2,(H,26,29). The Morgan fingerprint density at radius 1 is 0.906 bits per heavy atom. The molecule has 0 saturated carbocycles. The molecule has 162 valence electrons. The zero-order valence-corrected chi connectivity index (χ0v) is 18.3. The van der Waals surface area contributed by atoms with E-state index in [1.807, 2.05) is 42.5 Å². The largest absolute Gasteiger partial charge is 0.364 e. The highest BCUT2D eigenvalue weighted by Gasteiger charge is 2.41. The fourth-order valence-electron chi connectivity index (χ4n) is 3.49. The van der Waals surface area contributed by atoms with Crippen molar-refractivity contribution < 1.29 is 19.1 Å². The normalized spacial score (nSPS) is 15.7. The molecule has 3 aromatic rings. The lowest BCUT2D eigenvalue weighted by Crippen LogP contribution is -2.34. The lowest BCUT2D eigenvalue weighted by molar-refractivity contribution is -0.126. The summed E-state index contributed by atoms with van der Waals surface area (Å²) in [5, 5.41) is 6.11. The number of benzene rings is 3. The van der Waals surface area contributed by atoms with Crippen molar-refractivity contribution in [1.29, 1.82) is 0 Å². The molecular weight excluding hydrogens is 425 g/mol. The molecule has 1 aliphatic heterocycles. The zero-order valence-electron chi connectivity index (χ0n) is 17.2. The fraction of sp³-hybridized carbons (Fsp3) is 0.125. The average Bonchev–Trinajstić information content (AvgIpc) is 3.09. The molecule has 2 unspecified atom stereocenters. The molecule has 0 aromatic heterocycles. The molecule has 7 nitrogen and oxygen atoms in total. The van der Waals surface area contributed by atoms with Crippen molar-refractivity contribution in [2.45, 2.75) is 12.5 Å². The van der Waals surface area contributed by atoms with Gasteiger partial charge in [0.05, 0.1) is 24.0 Å². The van der Waals surface area contributed by atoms with Crippen molar-refractivity contribution in [2.24, 2.45) is 0 Å². The van der Waals surface area contributed by atoms with E-state index in [9.17, 15) is 14.4 Å². The first-order valence-corrected chi connectivity index (χ1v) is 10.9. The van der Waals surface area contributed by atoms with Gasteiger partial charge < -0.3 is 15.4 Å². The Hall–Kier alpha value is -3.54. The van der Waals surface area contributed by atoms with Gasteiger partial charge in [-0.15, -0.1) is 9.24 Å². The Morgan fingerprint density at radius 2 is 1.53 bits per heavy atom. The number of hydrogen-bond acceptors (Lipinski definition) is 5. The van der Waals surface area contributed by atoms with Crippen LogP contribution in [-0.4, -0.2) is 30.2 Å². The molecule has 8 heteroatoms. The second kappa shape index (κ2) is 9.73. The highest BCUT2D eigenvalue weighted by Crippen LogP contribution is 2.29. The van der Waals surface area contributed by atoms with E-state index in [2.05, 4.69) is 19.9 Å².